The summed E-state index contributed by atoms with van der Waals surface area (Å²) in [6, 6.07) is 15.9. The zero-order valence-electron chi connectivity index (χ0n) is 14.6. The first-order valence-electron chi connectivity index (χ1n) is 8.89. The number of carbonyl (C=O) groups excluding carboxylic acids is 1. The molecular weight excluding hydrogens is 347 g/mol. The second-order valence-electron chi connectivity index (χ2n) is 6.52. The Kier molecular flexibility index (Phi) is 4.82. The van der Waals surface area contributed by atoms with Crippen molar-refractivity contribution in [3.63, 3.8) is 0 Å². The molecular formula is C20H19FN4O2. The smallest absolute Gasteiger partial charge is 0.324 e. The molecule has 6 nitrogen and oxygen atoms in total. The topological polar surface area (TPSA) is 71.3 Å². The van der Waals surface area contributed by atoms with E-state index < -0.39 is 0 Å². The van der Waals surface area contributed by atoms with Gasteiger partial charge in [-0.05, 0) is 37.1 Å². The van der Waals surface area contributed by atoms with E-state index in [9.17, 15) is 9.18 Å². The van der Waals surface area contributed by atoms with Gasteiger partial charge in [0, 0.05) is 30.3 Å². The SMILES string of the molecule is O=C(Nc1ccc(F)cc1)C1CCN(c2nc(-c3ccccc3)no2)CC1. The summed E-state index contributed by atoms with van der Waals surface area (Å²) in [6.45, 7) is 1.33. The van der Waals surface area contributed by atoms with Gasteiger partial charge in [0.1, 0.15) is 5.82 Å². The first-order valence-corrected chi connectivity index (χ1v) is 8.89. The Labute approximate surface area is 156 Å². The number of nitrogens with one attached hydrogen (secondary N) is 1. The highest BCUT2D eigenvalue weighted by Gasteiger charge is 2.27. The van der Waals surface area contributed by atoms with Gasteiger partial charge in [0.25, 0.3) is 0 Å². The van der Waals surface area contributed by atoms with Crippen LogP contribution in [0.1, 0.15) is 12.8 Å². The summed E-state index contributed by atoms with van der Waals surface area (Å²) in [4.78, 5) is 18.9. The maximum Gasteiger partial charge on any atom is 0.324 e. The molecule has 1 aromatic heterocycles. The van der Waals surface area contributed by atoms with E-state index in [1.54, 1.807) is 12.1 Å². The molecule has 0 aliphatic carbocycles. The molecule has 0 atom stereocenters. The Morgan fingerprint density at radius 1 is 1.07 bits per heavy atom. The van der Waals surface area contributed by atoms with Gasteiger partial charge in [0.15, 0.2) is 0 Å². The van der Waals surface area contributed by atoms with E-state index in [4.69, 9.17) is 4.52 Å². The number of carbonyl (C=O) groups is 1. The fourth-order valence-electron chi connectivity index (χ4n) is 3.16. The van der Waals surface area contributed by atoms with Gasteiger partial charge in [0.05, 0.1) is 0 Å². The number of nitrogens with zero attached hydrogens (tertiary/aromatic N) is 3. The Bertz CT molecular complexity index is 903. The van der Waals surface area contributed by atoms with E-state index in [0.29, 0.717) is 43.5 Å². The standard InChI is InChI=1S/C20H19FN4O2/c21-16-6-8-17(9-7-16)22-19(26)15-10-12-25(13-11-15)20-23-18(24-27-20)14-4-2-1-3-5-14/h1-9,15H,10-13H2,(H,22,26). The molecule has 0 saturated carbocycles. The summed E-state index contributed by atoms with van der Waals surface area (Å²) < 4.78 is 18.3. The third-order valence-electron chi connectivity index (χ3n) is 4.70. The highest BCUT2D eigenvalue weighted by atomic mass is 19.1. The quantitative estimate of drug-likeness (QED) is 0.762. The molecule has 1 saturated heterocycles. The van der Waals surface area contributed by atoms with Crippen molar-refractivity contribution < 1.29 is 13.7 Å². The number of hydrogen-bond acceptors (Lipinski definition) is 5. The van der Waals surface area contributed by atoms with Crippen LogP contribution < -0.4 is 10.2 Å². The first-order chi connectivity index (χ1) is 13.2. The zero-order valence-corrected chi connectivity index (χ0v) is 14.6. The number of halogens is 1. The average molecular weight is 366 g/mol. The summed E-state index contributed by atoms with van der Waals surface area (Å²) in [5.74, 6) is 0.0945. The van der Waals surface area contributed by atoms with E-state index >= 15 is 0 Å². The van der Waals surface area contributed by atoms with Crippen LogP contribution in [0.25, 0.3) is 11.4 Å². The molecule has 3 aromatic rings. The van der Waals surface area contributed by atoms with Gasteiger partial charge >= 0.3 is 6.01 Å². The van der Waals surface area contributed by atoms with Crippen LogP contribution in [0.2, 0.25) is 0 Å². The van der Waals surface area contributed by atoms with Crippen LogP contribution in [0.4, 0.5) is 16.1 Å². The second-order valence-corrected chi connectivity index (χ2v) is 6.52. The van der Waals surface area contributed by atoms with Crippen molar-refractivity contribution in [3.05, 3.63) is 60.4 Å². The van der Waals surface area contributed by atoms with Crippen LogP contribution in [-0.4, -0.2) is 29.1 Å². The Balaban J connectivity index is 1.34. The number of benzene rings is 2. The largest absolute Gasteiger partial charge is 0.326 e. The average Bonchev–Trinajstić information content (AvgIpc) is 3.21. The Morgan fingerprint density at radius 3 is 2.48 bits per heavy atom. The minimum Gasteiger partial charge on any atom is -0.326 e. The van der Waals surface area contributed by atoms with Crippen LogP contribution in [0.3, 0.4) is 0 Å². The predicted octanol–water partition coefficient (Wildman–Crippen LogP) is 3.73. The van der Waals surface area contributed by atoms with Crippen LogP contribution >= 0.6 is 0 Å². The van der Waals surface area contributed by atoms with Crippen molar-refractivity contribution in [1.82, 2.24) is 10.1 Å². The molecule has 1 aliphatic rings. The maximum absolute atomic E-state index is 13.0. The van der Waals surface area contributed by atoms with E-state index in [1.165, 1.54) is 12.1 Å². The molecule has 0 spiro atoms. The zero-order chi connectivity index (χ0) is 18.6. The van der Waals surface area contributed by atoms with Crippen molar-refractivity contribution in [1.29, 1.82) is 0 Å². The molecule has 1 aliphatic heterocycles. The molecule has 4 rings (SSSR count). The number of rotatable bonds is 4. The summed E-state index contributed by atoms with van der Waals surface area (Å²) in [5.41, 5.74) is 1.51. The molecule has 7 heteroatoms. The Morgan fingerprint density at radius 2 is 1.78 bits per heavy atom. The van der Waals surface area contributed by atoms with Crippen molar-refractivity contribution in [2.24, 2.45) is 5.92 Å². The maximum atomic E-state index is 13.0. The minimum absolute atomic E-state index is 0.0447. The lowest BCUT2D eigenvalue weighted by Crippen LogP contribution is -2.38. The van der Waals surface area contributed by atoms with Crippen LogP contribution in [0, 0.1) is 11.7 Å². The van der Waals surface area contributed by atoms with Gasteiger partial charge in [-0.3, -0.25) is 4.79 Å². The molecule has 1 amide bonds. The molecule has 138 valence electrons. The lowest BCUT2D eigenvalue weighted by molar-refractivity contribution is -0.120. The van der Waals surface area contributed by atoms with Crippen LogP contribution in [-0.2, 0) is 4.79 Å². The fraction of sp³-hybridized carbons (Fsp3) is 0.250. The molecule has 1 N–H and O–H groups in total. The molecule has 1 fully saturated rings. The van der Waals surface area contributed by atoms with Crippen molar-refractivity contribution in [2.45, 2.75) is 12.8 Å². The summed E-state index contributed by atoms with van der Waals surface area (Å²) in [7, 11) is 0. The monoisotopic (exact) mass is 366 g/mol. The molecule has 0 radical (unpaired) electrons. The van der Waals surface area contributed by atoms with Gasteiger partial charge in [-0.1, -0.05) is 35.5 Å². The van der Waals surface area contributed by atoms with Gasteiger partial charge in [-0.25, -0.2) is 4.39 Å². The molecule has 0 unspecified atom stereocenters. The third-order valence-corrected chi connectivity index (χ3v) is 4.70. The van der Waals surface area contributed by atoms with E-state index in [-0.39, 0.29) is 17.6 Å². The van der Waals surface area contributed by atoms with Crippen molar-refractivity contribution >= 4 is 17.6 Å². The van der Waals surface area contributed by atoms with Crippen LogP contribution in [0.15, 0.2) is 59.1 Å². The summed E-state index contributed by atoms with van der Waals surface area (Å²) in [6.07, 6.45) is 1.38. The highest BCUT2D eigenvalue weighted by molar-refractivity contribution is 5.92. The second kappa shape index (κ2) is 7.57. The summed E-state index contributed by atoms with van der Waals surface area (Å²) in [5, 5.41) is 6.88. The third kappa shape index (κ3) is 3.97. The first kappa shape index (κ1) is 17.2. The number of aromatic nitrogens is 2. The van der Waals surface area contributed by atoms with E-state index in [2.05, 4.69) is 15.5 Å². The number of piperidine rings is 1. The normalized spacial score (nSPS) is 14.9. The highest BCUT2D eigenvalue weighted by Crippen LogP contribution is 2.25. The number of anilines is 2. The van der Waals surface area contributed by atoms with Gasteiger partial charge in [-0.2, -0.15) is 4.98 Å². The summed E-state index contributed by atoms with van der Waals surface area (Å²) >= 11 is 0. The van der Waals surface area contributed by atoms with Gasteiger partial charge in [-0.15, -0.1) is 0 Å². The fourth-order valence-corrected chi connectivity index (χ4v) is 3.16. The molecule has 27 heavy (non-hydrogen) atoms. The lowest BCUT2D eigenvalue weighted by Gasteiger charge is -2.29. The number of amides is 1. The Hall–Kier alpha value is -3.22. The molecule has 2 aromatic carbocycles. The predicted molar refractivity (Wildman–Crippen MR) is 99.7 cm³/mol. The van der Waals surface area contributed by atoms with Gasteiger partial charge in [0.2, 0.25) is 11.7 Å². The van der Waals surface area contributed by atoms with Crippen molar-refractivity contribution in [2.75, 3.05) is 23.3 Å². The van der Waals surface area contributed by atoms with Gasteiger partial charge < -0.3 is 14.7 Å². The van der Waals surface area contributed by atoms with E-state index in [1.807, 2.05) is 35.2 Å². The minimum atomic E-state index is -0.323. The molecule has 2 heterocycles. The lowest BCUT2D eigenvalue weighted by atomic mass is 9.96. The van der Waals surface area contributed by atoms with E-state index in [0.717, 1.165) is 5.56 Å². The van der Waals surface area contributed by atoms with Crippen molar-refractivity contribution in [3.8, 4) is 11.4 Å². The number of hydrogen-bond donors (Lipinski definition) is 1. The molecule has 0 bridgehead atoms. The van der Waals surface area contributed by atoms with Crippen LogP contribution in [0.5, 0.6) is 0 Å².